The fourth-order valence-corrected chi connectivity index (χ4v) is 12.2. The second-order valence-corrected chi connectivity index (χ2v) is 18.4. The zero-order chi connectivity index (χ0) is 38.4. The molecule has 0 N–H and O–H groups in total. The molecule has 0 radical (unpaired) electrons. The fourth-order valence-electron chi connectivity index (χ4n) is 11.1. The molecule has 12 rings (SSSR count). The first-order valence-electron chi connectivity index (χ1n) is 21.0. The van der Waals surface area contributed by atoms with Gasteiger partial charge in [-0.25, -0.2) is 0 Å². The van der Waals surface area contributed by atoms with Gasteiger partial charge in [0.2, 0.25) is 0 Å². The van der Waals surface area contributed by atoms with Crippen molar-refractivity contribution in [3.05, 3.63) is 181 Å². The molecular weight excluding hydrogens is 721 g/mol. The first kappa shape index (κ1) is 33.9. The lowest BCUT2D eigenvalue weighted by Gasteiger charge is -2.38. The third kappa shape index (κ3) is 5.44. The van der Waals surface area contributed by atoms with Crippen LogP contribution in [0.1, 0.15) is 44.6 Å². The van der Waals surface area contributed by atoms with Gasteiger partial charge in [-0.3, -0.25) is 0 Å². The van der Waals surface area contributed by atoms with E-state index in [4.69, 9.17) is 0 Å². The minimum absolute atomic E-state index is 0.263. The Morgan fingerprint density at radius 3 is 1.98 bits per heavy atom. The highest BCUT2D eigenvalue weighted by molar-refractivity contribution is 7.25. The van der Waals surface area contributed by atoms with Crippen LogP contribution in [0.5, 0.6) is 0 Å². The summed E-state index contributed by atoms with van der Waals surface area (Å²) in [5.74, 6) is 1.79. The molecule has 2 nitrogen and oxygen atoms in total. The molecule has 280 valence electrons. The van der Waals surface area contributed by atoms with Crippen LogP contribution in [0.2, 0.25) is 0 Å². The molecule has 0 saturated heterocycles. The van der Waals surface area contributed by atoms with Gasteiger partial charge in [0.25, 0.3) is 0 Å². The molecule has 0 aliphatic heterocycles. The summed E-state index contributed by atoms with van der Waals surface area (Å²) in [5, 5.41) is 7.72. The summed E-state index contributed by atoms with van der Waals surface area (Å²) < 4.78 is 5.09. The zero-order valence-corrected chi connectivity index (χ0v) is 33.6. The molecule has 2 bridgehead atoms. The average molecular weight is 765 g/mol. The average Bonchev–Trinajstić information content (AvgIpc) is 3.94. The van der Waals surface area contributed by atoms with E-state index in [0.717, 1.165) is 11.8 Å². The number of benzene rings is 8. The monoisotopic (exact) mass is 764 g/mol. The summed E-state index contributed by atoms with van der Waals surface area (Å²) in [6, 6.07) is 65.8. The summed E-state index contributed by atoms with van der Waals surface area (Å²) in [6.07, 6.45) is 6.93. The van der Waals surface area contributed by atoms with Gasteiger partial charge in [-0.05, 0) is 137 Å². The normalized spacial score (nSPS) is 19.2. The zero-order valence-electron chi connectivity index (χ0n) is 32.7. The summed E-state index contributed by atoms with van der Waals surface area (Å²) in [7, 11) is 0. The van der Waals surface area contributed by atoms with Crippen molar-refractivity contribution < 1.29 is 0 Å². The molecule has 2 saturated carbocycles. The lowest BCUT2D eigenvalue weighted by molar-refractivity contribution is 0.232. The van der Waals surface area contributed by atoms with Gasteiger partial charge < -0.3 is 9.47 Å². The molecular formula is C55H44N2S. The number of anilines is 3. The van der Waals surface area contributed by atoms with Crippen molar-refractivity contribution in [3.63, 3.8) is 0 Å². The largest absolute Gasteiger partial charge is 0.310 e. The Bertz CT molecular complexity index is 3160. The van der Waals surface area contributed by atoms with Crippen molar-refractivity contribution in [2.75, 3.05) is 4.90 Å². The third-order valence-corrected chi connectivity index (χ3v) is 14.8. The predicted octanol–water partition coefficient (Wildman–Crippen LogP) is 15.9. The van der Waals surface area contributed by atoms with Gasteiger partial charge in [-0.2, -0.15) is 0 Å². The summed E-state index contributed by atoms with van der Waals surface area (Å²) in [4.78, 5) is 2.48. The van der Waals surface area contributed by atoms with Crippen LogP contribution in [0.4, 0.5) is 17.1 Å². The van der Waals surface area contributed by atoms with Crippen molar-refractivity contribution in [3.8, 4) is 16.8 Å². The van der Waals surface area contributed by atoms with Gasteiger partial charge in [0.05, 0.1) is 11.0 Å². The number of aromatic nitrogens is 1. The summed E-state index contributed by atoms with van der Waals surface area (Å²) >= 11 is 1.88. The number of nitrogens with zero attached hydrogens (tertiary/aromatic N) is 2. The molecule has 2 unspecified atom stereocenters. The van der Waals surface area contributed by atoms with Crippen LogP contribution in [0.25, 0.3) is 69.6 Å². The van der Waals surface area contributed by atoms with Gasteiger partial charge in [0.1, 0.15) is 0 Å². The van der Waals surface area contributed by atoms with Crippen LogP contribution in [0.15, 0.2) is 176 Å². The fraction of sp³-hybridized carbons (Fsp3) is 0.164. The molecule has 2 aliphatic carbocycles. The van der Waals surface area contributed by atoms with E-state index in [1.807, 2.05) is 11.3 Å². The smallest absolute Gasteiger partial charge is 0.0547 e. The molecule has 0 spiro atoms. The van der Waals surface area contributed by atoms with Crippen LogP contribution < -0.4 is 4.90 Å². The van der Waals surface area contributed by atoms with Crippen LogP contribution in [0.3, 0.4) is 0 Å². The maximum atomic E-state index is 2.53. The maximum absolute atomic E-state index is 2.53. The van der Waals surface area contributed by atoms with E-state index >= 15 is 0 Å². The highest BCUT2D eigenvalue weighted by Gasteiger charge is 2.41. The predicted molar refractivity (Wildman–Crippen MR) is 249 cm³/mol. The standard InChI is InChI=1S/C55H44N2S/c1-55(34-36-15-16-37(31-36)35-55)41-20-24-42(25-21-41)56(45-27-30-53-49(33-45)47-11-6-8-14-52(47)58-53)44-26-28-46-40(32-44)19-29-51-54(46)48-12-5-7-13-50(48)57(51)43-22-17-39(18-23-43)38-9-3-2-4-10-38/h2-14,17-30,32-33,36-37H,15-16,31,34-35H2,1H3/t36-,37?,55?/m0/s1. The highest BCUT2D eigenvalue weighted by Crippen LogP contribution is 2.52. The lowest BCUT2D eigenvalue weighted by atomic mass is 9.66. The first-order valence-corrected chi connectivity index (χ1v) is 21.8. The molecule has 8 aromatic carbocycles. The Hall–Kier alpha value is -6.16. The number of para-hydroxylation sites is 1. The third-order valence-electron chi connectivity index (χ3n) is 13.7. The van der Waals surface area contributed by atoms with Gasteiger partial charge in [-0.15, -0.1) is 11.3 Å². The number of hydrogen-bond acceptors (Lipinski definition) is 2. The van der Waals surface area contributed by atoms with Crippen molar-refractivity contribution in [1.29, 1.82) is 0 Å². The second-order valence-electron chi connectivity index (χ2n) is 17.3. The molecule has 10 aromatic rings. The quantitative estimate of drug-likeness (QED) is 0.164. The first-order chi connectivity index (χ1) is 28.6. The highest BCUT2D eigenvalue weighted by atomic mass is 32.1. The maximum Gasteiger partial charge on any atom is 0.0547 e. The minimum atomic E-state index is 0.263. The van der Waals surface area contributed by atoms with Gasteiger partial charge >= 0.3 is 0 Å². The Labute approximate surface area is 343 Å². The topological polar surface area (TPSA) is 8.17 Å². The Balaban J connectivity index is 0.997. The Morgan fingerprint density at radius 2 is 1.17 bits per heavy atom. The second kappa shape index (κ2) is 13.2. The van der Waals surface area contributed by atoms with E-state index in [0.29, 0.717) is 0 Å². The van der Waals surface area contributed by atoms with E-state index in [1.54, 1.807) is 0 Å². The molecule has 0 amide bonds. The molecule has 2 aliphatic rings. The minimum Gasteiger partial charge on any atom is -0.310 e. The summed E-state index contributed by atoms with van der Waals surface area (Å²) in [6.45, 7) is 2.53. The van der Waals surface area contributed by atoms with Crippen LogP contribution in [-0.2, 0) is 5.41 Å². The molecule has 3 atom stereocenters. The van der Waals surface area contributed by atoms with Crippen LogP contribution in [0, 0.1) is 11.8 Å². The van der Waals surface area contributed by atoms with E-state index < -0.39 is 0 Å². The molecule has 3 heteroatoms. The molecule has 58 heavy (non-hydrogen) atoms. The van der Waals surface area contributed by atoms with Gasteiger partial charge in [0, 0.05) is 53.7 Å². The number of hydrogen-bond donors (Lipinski definition) is 0. The number of thiophene rings is 1. The van der Waals surface area contributed by atoms with Crippen molar-refractivity contribution >= 4 is 81.1 Å². The van der Waals surface area contributed by atoms with Crippen molar-refractivity contribution in [2.45, 2.75) is 44.4 Å². The molecule has 2 aromatic heterocycles. The van der Waals surface area contributed by atoms with E-state index in [9.17, 15) is 0 Å². The van der Waals surface area contributed by atoms with E-state index in [2.05, 4.69) is 192 Å². The van der Waals surface area contributed by atoms with E-state index in [1.165, 1.54) is 124 Å². The Kier molecular flexibility index (Phi) is 7.72. The Morgan fingerprint density at radius 1 is 0.517 bits per heavy atom. The van der Waals surface area contributed by atoms with Gasteiger partial charge in [0.15, 0.2) is 0 Å². The molecule has 2 heterocycles. The number of fused-ring (bicyclic) bond motifs is 10. The van der Waals surface area contributed by atoms with E-state index in [-0.39, 0.29) is 5.41 Å². The van der Waals surface area contributed by atoms with Crippen molar-refractivity contribution in [2.24, 2.45) is 11.8 Å². The van der Waals surface area contributed by atoms with Crippen molar-refractivity contribution in [1.82, 2.24) is 4.57 Å². The number of rotatable bonds is 6. The molecule has 2 fully saturated rings. The van der Waals surface area contributed by atoms with Crippen LogP contribution >= 0.6 is 11.3 Å². The summed E-state index contributed by atoms with van der Waals surface area (Å²) in [5.41, 5.74) is 11.4. The SMILES string of the molecule is CC1(c2ccc(N(c3ccc4c(ccc5c4c4ccccc4n5-c4ccc(-c5ccccc5)cc4)c3)c3ccc4sc5ccccc5c4c3)cc2)CC2CC[C@@H](C2)C1. The van der Waals surface area contributed by atoms with Crippen LogP contribution in [-0.4, -0.2) is 4.57 Å². The lowest BCUT2D eigenvalue weighted by Crippen LogP contribution is -2.30. The van der Waals surface area contributed by atoms with Gasteiger partial charge in [-0.1, -0.05) is 123 Å².